The number of rotatable bonds is 6. The first-order valence-electron chi connectivity index (χ1n) is 6.17. The molecule has 1 atom stereocenters. The fourth-order valence-electron chi connectivity index (χ4n) is 1.55. The number of ether oxygens (including phenoxy) is 1. The number of nitrogens with two attached hydrogens (primary N) is 1. The molecule has 0 saturated carbocycles. The van der Waals surface area contributed by atoms with Crippen LogP contribution in [0.25, 0.3) is 0 Å². The van der Waals surface area contributed by atoms with Crippen molar-refractivity contribution < 1.29 is 22.7 Å². The molecule has 1 aromatic rings. The lowest BCUT2D eigenvalue weighted by atomic mass is 10.1. The highest BCUT2D eigenvalue weighted by molar-refractivity contribution is 9.10. The van der Waals surface area contributed by atoms with Crippen LogP contribution < -0.4 is 15.8 Å². The Morgan fingerprint density at radius 2 is 2.14 bits per heavy atom. The van der Waals surface area contributed by atoms with Crippen LogP contribution in [-0.2, 0) is 11.2 Å². The molecule has 0 bridgehead atoms. The van der Waals surface area contributed by atoms with Gasteiger partial charge in [0, 0.05) is 6.04 Å². The molecule has 1 aromatic carbocycles. The van der Waals surface area contributed by atoms with E-state index < -0.39 is 25.2 Å². The van der Waals surface area contributed by atoms with Crippen LogP contribution in [0, 0.1) is 0 Å². The second-order valence-electron chi connectivity index (χ2n) is 4.63. The van der Waals surface area contributed by atoms with Gasteiger partial charge < -0.3 is 15.8 Å². The first-order valence-corrected chi connectivity index (χ1v) is 6.97. The maximum absolute atomic E-state index is 11.9. The minimum absolute atomic E-state index is 0.0109. The van der Waals surface area contributed by atoms with E-state index in [1.165, 1.54) is 0 Å². The first kappa shape index (κ1) is 17.8. The Bertz CT molecular complexity index is 493. The molecule has 8 heteroatoms. The molecule has 0 fully saturated rings. The van der Waals surface area contributed by atoms with Crippen molar-refractivity contribution in [2.45, 2.75) is 25.6 Å². The number of carbonyl (C=O) groups is 1. The third-order valence-electron chi connectivity index (χ3n) is 2.40. The summed E-state index contributed by atoms with van der Waals surface area (Å²) in [5, 5.41) is 1.73. The minimum Gasteiger partial charge on any atom is -0.483 e. The predicted molar refractivity (Wildman–Crippen MR) is 76.1 cm³/mol. The number of nitrogens with one attached hydrogen (secondary N) is 1. The van der Waals surface area contributed by atoms with Crippen molar-refractivity contribution in [2.75, 3.05) is 13.2 Å². The van der Waals surface area contributed by atoms with Gasteiger partial charge in [0.1, 0.15) is 12.3 Å². The van der Waals surface area contributed by atoms with E-state index in [1.807, 2.05) is 6.92 Å². The van der Waals surface area contributed by atoms with Gasteiger partial charge in [0.25, 0.3) is 5.91 Å². The van der Waals surface area contributed by atoms with Crippen molar-refractivity contribution >= 4 is 21.8 Å². The lowest BCUT2D eigenvalue weighted by Gasteiger charge is -2.12. The van der Waals surface area contributed by atoms with Gasteiger partial charge in [-0.3, -0.25) is 4.79 Å². The summed E-state index contributed by atoms with van der Waals surface area (Å²) >= 11 is 3.28. The predicted octanol–water partition coefficient (Wildman–Crippen LogP) is 2.40. The molecule has 0 aromatic heterocycles. The summed E-state index contributed by atoms with van der Waals surface area (Å²) < 4.78 is 41.5. The molecular weight excluding hydrogens is 353 g/mol. The number of hydrogen-bond donors (Lipinski definition) is 2. The zero-order valence-corrected chi connectivity index (χ0v) is 12.9. The van der Waals surface area contributed by atoms with Crippen molar-refractivity contribution in [2.24, 2.45) is 5.73 Å². The third kappa shape index (κ3) is 7.33. The average Bonchev–Trinajstić information content (AvgIpc) is 2.33. The van der Waals surface area contributed by atoms with Crippen LogP contribution in [0.2, 0.25) is 0 Å². The van der Waals surface area contributed by atoms with Crippen molar-refractivity contribution in [3.05, 3.63) is 28.2 Å². The average molecular weight is 369 g/mol. The lowest BCUT2D eigenvalue weighted by molar-refractivity contribution is -0.139. The summed E-state index contributed by atoms with van der Waals surface area (Å²) in [4.78, 5) is 11.2. The number of benzene rings is 1. The van der Waals surface area contributed by atoms with Crippen LogP contribution in [0.4, 0.5) is 13.2 Å². The monoisotopic (exact) mass is 368 g/mol. The summed E-state index contributed by atoms with van der Waals surface area (Å²) in [6.45, 7) is 0.0221. The number of halogens is 4. The van der Waals surface area contributed by atoms with Crippen molar-refractivity contribution in [3.8, 4) is 5.75 Å². The molecule has 21 heavy (non-hydrogen) atoms. The second-order valence-corrected chi connectivity index (χ2v) is 5.48. The number of amides is 1. The van der Waals surface area contributed by atoms with Gasteiger partial charge >= 0.3 is 6.18 Å². The minimum atomic E-state index is -4.43. The largest absolute Gasteiger partial charge is 0.483 e. The van der Waals surface area contributed by atoms with Gasteiger partial charge in [-0.05, 0) is 47.0 Å². The highest BCUT2D eigenvalue weighted by atomic mass is 79.9. The molecule has 1 amide bonds. The maximum Gasteiger partial charge on any atom is 0.405 e. The summed E-state index contributed by atoms with van der Waals surface area (Å²) in [5.41, 5.74) is 6.68. The van der Waals surface area contributed by atoms with Crippen LogP contribution in [0.3, 0.4) is 0 Å². The topological polar surface area (TPSA) is 64.3 Å². The smallest absolute Gasteiger partial charge is 0.405 e. The van der Waals surface area contributed by atoms with Gasteiger partial charge in [0.2, 0.25) is 0 Å². The molecule has 1 rings (SSSR count). The number of carbonyl (C=O) groups excluding carboxylic acids is 1. The molecule has 0 aliphatic heterocycles. The molecule has 1 unspecified atom stereocenters. The Morgan fingerprint density at radius 1 is 1.48 bits per heavy atom. The molecule has 3 N–H and O–H groups in total. The van der Waals surface area contributed by atoms with Gasteiger partial charge in [-0.2, -0.15) is 13.2 Å². The number of alkyl halides is 3. The van der Waals surface area contributed by atoms with Crippen LogP contribution in [0.1, 0.15) is 12.5 Å². The quantitative estimate of drug-likeness (QED) is 0.810. The molecule has 4 nitrogen and oxygen atoms in total. The molecule has 118 valence electrons. The van der Waals surface area contributed by atoms with E-state index in [0.29, 0.717) is 16.6 Å². The fraction of sp³-hybridized carbons (Fsp3) is 0.462. The van der Waals surface area contributed by atoms with Crippen LogP contribution in [-0.4, -0.2) is 31.3 Å². The Balaban J connectivity index is 2.50. The lowest BCUT2D eigenvalue weighted by Crippen LogP contribution is -2.36. The van der Waals surface area contributed by atoms with Crippen LogP contribution >= 0.6 is 15.9 Å². The van der Waals surface area contributed by atoms with E-state index in [2.05, 4.69) is 15.9 Å². The highest BCUT2D eigenvalue weighted by Crippen LogP contribution is 2.26. The zero-order chi connectivity index (χ0) is 16.0. The van der Waals surface area contributed by atoms with E-state index in [9.17, 15) is 18.0 Å². The second kappa shape index (κ2) is 7.65. The van der Waals surface area contributed by atoms with Crippen LogP contribution in [0.15, 0.2) is 22.7 Å². The molecule has 0 saturated heterocycles. The first-order chi connectivity index (χ1) is 9.67. The van der Waals surface area contributed by atoms with Gasteiger partial charge in [-0.25, -0.2) is 0 Å². The molecular formula is C13H16BrF3N2O2. The van der Waals surface area contributed by atoms with E-state index in [4.69, 9.17) is 10.5 Å². The van der Waals surface area contributed by atoms with E-state index in [-0.39, 0.29) is 6.04 Å². The molecule has 0 radical (unpaired) electrons. The van der Waals surface area contributed by atoms with Crippen molar-refractivity contribution in [1.82, 2.24) is 5.32 Å². The van der Waals surface area contributed by atoms with Gasteiger partial charge in [-0.15, -0.1) is 0 Å². The normalized spacial score (nSPS) is 12.9. The number of hydrogen-bond acceptors (Lipinski definition) is 3. The van der Waals surface area contributed by atoms with E-state index >= 15 is 0 Å². The Kier molecular flexibility index (Phi) is 6.47. The van der Waals surface area contributed by atoms with Gasteiger partial charge in [0.05, 0.1) is 4.47 Å². The standard InChI is InChI=1S/C13H16BrF3N2O2/c1-8(18)4-9-2-3-11(10(14)5-9)21-6-12(20)19-7-13(15,16)17/h2-3,5,8H,4,6-7,18H2,1H3,(H,19,20). The molecule has 0 heterocycles. The van der Waals surface area contributed by atoms with Crippen molar-refractivity contribution in [3.63, 3.8) is 0 Å². The van der Waals surface area contributed by atoms with Crippen LogP contribution in [0.5, 0.6) is 5.75 Å². The fourth-order valence-corrected chi connectivity index (χ4v) is 2.09. The maximum atomic E-state index is 11.9. The zero-order valence-electron chi connectivity index (χ0n) is 11.3. The van der Waals surface area contributed by atoms with E-state index in [1.54, 1.807) is 23.5 Å². The third-order valence-corrected chi connectivity index (χ3v) is 3.02. The Hall–Kier alpha value is -1.28. The molecule has 0 aliphatic rings. The van der Waals surface area contributed by atoms with Gasteiger partial charge in [0.15, 0.2) is 6.61 Å². The summed E-state index contributed by atoms with van der Waals surface area (Å²) in [5.74, 6) is -0.454. The van der Waals surface area contributed by atoms with Gasteiger partial charge in [-0.1, -0.05) is 6.07 Å². The Labute approximate surface area is 129 Å². The molecule has 0 aliphatic carbocycles. The Morgan fingerprint density at radius 3 is 2.67 bits per heavy atom. The SMILES string of the molecule is CC(N)Cc1ccc(OCC(=O)NCC(F)(F)F)c(Br)c1. The summed E-state index contributed by atoms with van der Waals surface area (Å²) in [7, 11) is 0. The van der Waals surface area contributed by atoms with E-state index in [0.717, 1.165) is 5.56 Å². The highest BCUT2D eigenvalue weighted by Gasteiger charge is 2.27. The summed E-state index contributed by atoms with van der Waals surface area (Å²) in [6.07, 6.45) is -3.75. The molecule has 0 spiro atoms. The van der Waals surface area contributed by atoms with Crippen molar-refractivity contribution in [1.29, 1.82) is 0 Å². The summed E-state index contributed by atoms with van der Waals surface area (Å²) in [6, 6.07) is 5.24.